The van der Waals surface area contributed by atoms with Crippen LogP contribution in [-0.4, -0.2) is 41.4 Å². The summed E-state index contributed by atoms with van der Waals surface area (Å²) in [5.41, 5.74) is 6.57. The largest absolute Gasteiger partial charge is 0.316 e. The fraction of sp³-hybridized carbons (Fsp3) is 0.550. The molecule has 4 heteroatoms. The Labute approximate surface area is 145 Å². The normalized spacial score (nSPS) is 20.9. The van der Waals surface area contributed by atoms with E-state index in [1.165, 1.54) is 28.9 Å². The fourth-order valence-corrected chi connectivity index (χ4v) is 3.92. The average Bonchev–Trinajstić information content (AvgIpc) is 3.06. The third-order valence-corrected chi connectivity index (χ3v) is 5.32. The van der Waals surface area contributed by atoms with Gasteiger partial charge in [-0.3, -0.25) is 0 Å². The Morgan fingerprint density at radius 1 is 1.25 bits per heavy atom. The molecule has 4 nitrogen and oxygen atoms in total. The van der Waals surface area contributed by atoms with E-state index in [-0.39, 0.29) is 0 Å². The summed E-state index contributed by atoms with van der Waals surface area (Å²) in [5.74, 6) is 0. The molecule has 0 amide bonds. The number of para-hydroxylation sites is 1. The predicted octanol–water partition coefficient (Wildman–Crippen LogP) is 3.23. The van der Waals surface area contributed by atoms with Crippen molar-refractivity contribution in [3.8, 4) is 5.69 Å². The number of nitrogens with one attached hydrogen (secondary N) is 1. The van der Waals surface area contributed by atoms with E-state index in [2.05, 4.69) is 73.9 Å². The molecule has 0 aliphatic carbocycles. The predicted molar refractivity (Wildman–Crippen MR) is 99.7 cm³/mol. The average molecular weight is 326 g/mol. The van der Waals surface area contributed by atoms with Gasteiger partial charge in [-0.15, -0.1) is 0 Å². The van der Waals surface area contributed by atoms with E-state index in [1.807, 2.05) is 0 Å². The van der Waals surface area contributed by atoms with Gasteiger partial charge in [0.1, 0.15) is 0 Å². The van der Waals surface area contributed by atoms with Crippen molar-refractivity contribution in [2.45, 2.75) is 40.7 Å². The second-order valence-corrected chi connectivity index (χ2v) is 7.76. The van der Waals surface area contributed by atoms with Gasteiger partial charge in [0.05, 0.1) is 11.4 Å². The number of nitrogens with zero attached hydrogens (tertiary/aromatic N) is 3. The van der Waals surface area contributed by atoms with Crippen molar-refractivity contribution in [3.05, 3.63) is 46.8 Å². The lowest BCUT2D eigenvalue weighted by molar-refractivity contribution is 0.203. The summed E-state index contributed by atoms with van der Waals surface area (Å²) in [4.78, 5) is 2.45. The number of hydrogen-bond acceptors (Lipinski definition) is 3. The van der Waals surface area contributed by atoms with Crippen molar-refractivity contribution >= 4 is 0 Å². The molecule has 1 aromatic heterocycles. The summed E-state index contributed by atoms with van der Waals surface area (Å²) in [6.45, 7) is 13.2. The Balaban J connectivity index is 1.81. The summed E-state index contributed by atoms with van der Waals surface area (Å²) in [5, 5.41) is 8.31. The van der Waals surface area contributed by atoms with Crippen LogP contribution in [0, 0.1) is 26.2 Å². The Hall–Kier alpha value is -1.65. The van der Waals surface area contributed by atoms with Crippen LogP contribution in [0.1, 0.15) is 35.9 Å². The summed E-state index contributed by atoms with van der Waals surface area (Å²) < 4.78 is 2.10. The van der Waals surface area contributed by atoms with E-state index >= 15 is 0 Å². The van der Waals surface area contributed by atoms with Crippen LogP contribution in [0.4, 0.5) is 0 Å². The van der Waals surface area contributed by atoms with E-state index in [9.17, 15) is 0 Å². The lowest BCUT2D eigenvalue weighted by Crippen LogP contribution is -2.35. The molecule has 0 bridgehead atoms. The third kappa shape index (κ3) is 3.40. The lowest BCUT2D eigenvalue weighted by Gasteiger charge is -2.29. The van der Waals surface area contributed by atoms with E-state index in [0.717, 1.165) is 31.9 Å². The van der Waals surface area contributed by atoms with Gasteiger partial charge in [0.25, 0.3) is 0 Å². The molecule has 1 unspecified atom stereocenters. The maximum absolute atomic E-state index is 4.82. The van der Waals surface area contributed by atoms with Gasteiger partial charge in [-0.05, 0) is 57.8 Å². The van der Waals surface area contributed by atoms with E-state index in [0.29, 0.717) is 5.41 Å². The van der Waals surface area contributed by atoms with Crippen LogP contribution < -0.4 is 5.32 Å². The minimum atomic E-state index is 0.391. The molecule has 2 aromatic rings. The molecule has 3 rings (SSSR count). The molecule has 1 aliphatic heterocycles. The van der Waals surface area contributed by atoms with Gasteiger partial charge in [-0.1, -0.05) is 25.1 Å². The topological polar surface area (TPSA) is 33.1 Å². The van der Waals surface area contributed by atoms with E-state index in [1.54, 1.807) is 0 Å². The van der Waals surface area contributed by atoms with Gasteiger partial charge in [0.2, 0.25) is 0 Å². The Bertz CT molecular complexity index is 710. The van der Waals surface area contributed by atoms with Gasteiger partial charge >= 0.3 is 0 Å². The van der Waals surface area contributed by atoms with Crippen LogP contribution in [0.2, 0.25) is 0 Å². The molecule has 1 fully saturated rings. The summed E-state index contributed by atoms with van der Waals surface area (Å²) >= 11 is 0. The number of benzene rings is 1. The zero-order valence-electron chi connectivity index (χ0n) is 15.7. The van der Waals surface area contributed by atoms with Gasteiger partial charge in [0, 0.05) is 30.9 Å². The molecule has 0 spiro atoms. The third-order valence-electron chi connectivity index (χ3n) is 5.32. The quantitative estimate of drug-likeness (QED) is 0.916. The number of hydrogen-bond donors (Lipinski definition) is 1. The molecule has 24 heavy (non-hydrogen) atoms. The second kappa shape index (κ2) is 6.69. The minimum Gasteiger partial charge on any atom is -0.316 e. The van der Waals surface area contributed by atoms with E-state index < -0.39 is 0 Å². The van der Waals surface area contributed by atoms with Crippen molar-refractivity contribution in [3.63, 3.8) is 0 Å². The monoisotopic (exact) mass is 326 g/mol. The highest BCUT2D eigenvalue weighted by Crippen LogP contribution is 2.27. The van der Waals surface area contributed by atoms with Crippen LogP contribution >= 0.6 is 0 Å². The summed E-state index contributed by atoms with van der Waals surface area (Å²) in [6, 6.07) is 8.45. The Morgan fingerprint density at radius 2 is 2.00 bits per heavy atom. The van der Waals surface area contributed by atoms with Crippen molar-refractivity contribution < 1.29 is 0 Å². The summed E-state index contributed by atoms with van der Waals surface area (Å²) in [7, 11) is 2.23. The highest BCUT2D eigenvalue weighted by molar-refractivity contribution is 5.42. The Morgan fingerprint density at radius 3 is 2.67 bits per heavy atom. The molecule has 1 N–H and O–H groups in total. The number of aromatic nitrogens is 2. The summed E-state index contributed by atoms with van der Waals surface area (Å²) in [6.07, 6.45) is 1.26. The van der Waals surface area contributed by atoms with Crippen LogP contribution in [0.5, 0.6) is 0 Å². The van der Waals surface area contributed by atoms with Gasteiger partial charge in [0.15, 0.2) is 0 Å². The van der Waals surface area contributed by atoms with Gasteiger partial charge < -0.3 is 10.2 Å². The first-order valence-electron chi connectivity index (χ1n) is 8.90. The first-order valence-corrected chi connectivity index (χ1v) is 8.90. The highest BCUT2D eigenvalue weighted by atomic mass is 15.3. The molecule has 0 saturated carbocycles. The fourth-order valence-electron chi connectivity index (χ4n) is 3.92. The van der Waals surface area contributed by atoms with E-state index in [4.69, 9.17) is 5.10 Å². The second-order valence-electron chi connectivity index (χ2n) is 7.76. The molecule has 1 saturated heterocycles. The van der Waals surface area contributed by atoms with Crippen molar-refractivity contribution in [2.24, 2.45) is 5.41 Å². The standard InChI is InChI=1S/C20H30N4/c1-15-8-6-7-9-19(15)24-17(3)18(16(2)22-24)12-23(5)14-20(4)10-11-21-13-20/h6-9,21H,10-14H2,1-5H3. The van der Waals surface area contributed by atoms with Crippen LogP contribution in [0.25, 0.3) is 5.69 Å². The van der Waals surface area contributed by atoms with Crippen LogP contribution in [0.15, 0.2) is 24.3 Å². The molecule has 0 radical (unpaired) electrons. The van der Waals surface area contributed by atoms with Crippen molar-refractivity contribution in [1.82, 2.24) is 20.0 Å². The van der Waals surface area contributed by atoms with Crippen LogP contribution in [-0.2, 0) is 6.54 Å². The van der Waals surface area contributed by atoms with Crippen molar-refractivity contribution in [2.75, 3.05) is 26.7 Å². The zero-order chi connectivity index (χ0) is 17.3. The smallest absolute Gasteiger partial charge is 0.0678 e. The lowest BCUT2D eigenvalue weighted by atomic mass is 9.89. The first-order chi connectivity index (χ1) is 11.4. The number of aryl methyl sites for hydroxylation is 2. The maximum atomic E-state index is 4.82. The molecule has 1 aromatic carbocycles. The minimum absolute atomic E-state index is 0.391. The van der Waals surface area contributed by atoms with Gasteiger partial charge in [-0.25, -0.2) is 4.68 Å². The molecular weight excluding hydrogens is 296 g/mol. The zero-order valence-corrected chi connectivity index (χ0v) is 15.7. The molecule has 2 heterocycles. The Kier molecular flexibility index (Phi) is 4.79. The van der Waals surface area contributed by atoms with Crippen molar-refractivity contribution in [1.29, 1.82) is 0 Å². The maximum Gasteiger partial charge on any atom is 0.0678 e. The highest BCUT2D eigenvalue weighted by Gasteiger charge is 2.30. The molecule has 130 valence electrons. The molecule has 1 aliphatic rings. The van der Waals surface area contributed by atoms with Crippen LogP contribution in [0.3, 0.4) is 0 Å². The number of rotatable bonds is 5. The SMILES string of the molecule is Cc1ccccc1-n1nc(C)c(CN(C)CC2(C)CCNC2)c1C. The molecular formula is C20H30N4. The molecule has 1 atom stereocenters. The first kappa shape index (κ1) is 17.2. The van der Waals surface area contributed by atoms with Gasteiger partial charge in [-0.2, -0.15) is 5.10 Å².